The molecule has 0 atom stereocenters. The summed E-state index contributed by atoms with van der Waals surface area (Å²) in [5, 5.41) is 14.1. The number of allylic oxidation sites excluding steroid dienone is 1. The highest BCUT2D eigenvalue weighted by Crippen LogP contribution is 2.34. The molecule has 4 aromatic rings. The summed E-state index contributed by atoms with van der Waals surface area (Å²) in [7, 11) is 0. The molecule has 0 aliphatic heterocycles. The predicted octanol–water partition coefficient (Wildman–Crippen LogP) is 3.43. The van der Waals surface area contributed by atoms with E-state index in [9.17, 15) is 9.90 Å². The number of fused-ring (bicyclic) bond motifs is 1. The van der Waals surface area contributed by atoms with Crippen molar-refractivity contribution in [3.05, 3.63) is 82.9 Å². The lowest BCUT2D eigenvalue weighted by Crippen LogP contribution is -2.27. The lowest BCUT2D eigenvalue weighted by molar-refractivity contribution is 0.0738. The molecular weight excluding hydrogens is 506 g/mol. The third kappa shape index (κ3) is 5.59. The molecule has 0 radical (unpaired) electrons. The molecule has 1 aromatic carbocycles. The predicted molar refractivity (Wildman–Crippen MR) is 157 cm³/mol. The lowest BCUT2D eigenvalue weighted by atomic mass is 9.82. The van der Waals surface area contributed by atoms with Gasteiger partial charge in [-0.2, -0.15) is 4.98 Å². The first-order chi connectivity index (χ1) is 19.1. The van der Waals surface area contributed by atoms with Crippen LogP contribution in [0.1, 0.15) is 56.7 Å². The highest BCUT2D eigenvalue weighted by atomic mass is 16.3. The van der Waals surface area contributed by atoms with Gasteiger partial charge in [0.25, 0.3) is 5.56 Å². The smallest absolute Gasteiger partial charge is 0.278 e. The second-order valence-electron chi connectivity index (χ2n) is 10.7. The minimum Gasteiger partial charge on any atom is -0.384 e. The van der Waals surface area contributed by atoms with Crippen LogP contribution in [0.4, 0.5) is 11.6 Å². The first-order valence-corrected chi connectivity index (χ1v) is 13.4. The molecule has 11 nitrogen and oxygen atoms in total. The van der Waals surface area contributed by atoms with Gasteiger partial charge in [0.15, 0.2) is 17.4 Å². The van der Waals surface area contributed by atoms with Gasteiger partial charge in [-0.05, 0) is 75.3 Å². The van der Waals surface area contributed by atoms with Crippen LogP contribution in [0.3, 0.4) is 0 Å². The molecule has 208 valence electrons. The number of pyridine rings is 1. The van der Waals surface area contributed by atoms with Crippen molar-refractivity contribution in [1.82, 2.24) is 24.3 Å². The molecule has 0 saturated heterocycles. The van der Waals surface area contributed by atoms with Crippen molar-refractivity contribution < 1.29 is 5.11 Å². The van der Waals surface area contributed by atoms with Gasteiger partial charge in [0.05, 0.1) is 18.3 Å². The zero-order chi connectivity index (χ0) is 28.4. The van der Waals surface area contributed by atoms with Crippen molar-refractivity contribution in [1.29, 1.82) is 0 Å². The Kier molecular flexibility index (Phi) is 7.40. The summed E-state index contributed by atoms with van der Waals surface area (Å²) in [5.74, 6) is 1.43. The Hall–Kier alpha value is -4.51. The Morgan fingerprint density at radius 2 is 1.88 bits per heavy atom. The van der Waals surface area contributed by atoms with Crippen molar-refractivity contribution >= 4 is 28.6 Å². The largest absolute Gasteiger partial charge is 0.384 e. The van der Waals surface area contributed by atoms with Crippen molar-refractivity contribution in [3.63, 3.8) is 0 Å². The number of anilines is 2. The van der Waals surface area contributed by atoms with Crippen LogP contribution in [0.15, 0.2) is 71.1 Å². The number of nitrogens with one attached hydrogen (secondary N) is 1. The van der Waals surface area contributed by atoms with Crippen LogP contribution < -0.4 is 22.3 Å². The number of hydrogen-bond acceptors (Lipinski definition) is 7. The third-order valence-corrected chi connectivity index (χ3v) is 7.22. The summed E-state index contributed by atoms with van der Waals surface area (Å²) in [5.41, 5.74) is 12.7. The van der Waals surface area contributed by atoms with Gasteiger partial charge < -0.3 is 21.9 Å². The Bertz CT molecular complexity index is 1600. The molecule has 1 saturated carbocycles. The van der Waals surface area contributed by atoms with Crippen LogP contribution >= 0.6 is 0 Å². The molecular formula is C29H35N9O2. The molecule has 3 aromatic heterocycles. The monoisotopic (exact) mass is 541 g/mol. The molecule has 0 unspecified atom stereocenters. The number of hydrogen-bond donors (Lipinski definition) is 4. The van der Waals surface area contributed by atoms with E-state index in [1.54, 1.807) is 42.8 Å². The number of nitrogens with two attached hydrogens (primary N) is 2. The van der Waals surface area contributed by atoms with Crippen LogP contribution in [-0.2, 0) is 12.1 Å². The summed E-state index contributed by atoms with van der Waals surface area (Å²) >= 11 is 0. The Morgan fingerprint density at radius 1 is 1.15 bits per heavy atom. The van der Waals surface area contributed by atoms with Gasteiger partial charge in [-0.3, -0.25) is 9.79 Å². The van der Waals surface area contributed by atoms with E-state index in [1.807, 2.05) is 12.1 Å². The van der Waals surface area contributed by atoms with Crippen molar-refractivity contribution in [3.8, 4) is 5.82 Å². The molecule has 0 spiro atoms. The van der Waals surface area contributed by atoms with E-state index >= 15 is 0 Å². The van der Waals surface area contributed by atoms with Crippen LogP contribution in [-0.4, -0.2) is 41.4 Å². The minimum absolute atomic E-state index is 0.160. The van der Waals surface area contributed by atoms with Gasteiger partial charge in [0.1, 0.15) is 11.0 Å². The first kappa shape index (κ1) is 27.1. The van der Waals surface area contributed by atoms with E-state index in [1.165, 1.54) is 16.4 Å². The average Bonchev–Trinajstić information content (AvgIpc) is 3.19. The summed E-state index contributed by atoms with van der Waals surface area (Å²) in [6, 6.07) is 13.8. The maximum Gasteiger partial charge on any atom is 0.278 e. The quantitative estimate of drug-likeness (QED) is 0.150. The molecule has 1 fully saturated rings. The fourth-order valence-corrected chi connectivity index (χ4v) is 5.21. The maximum atomic E-state index is 13.2. The zero-order valence-electron chi connectivity index (χ0n) is 22.8. The van der Waals surface area contributed by atoms with E-state index < -0.39 is 5.60 Å². The SMILES string of the molecule is C=CCn1c(=O)c2cnc(Nc3ccc(C4CCC(N=C(N)N)CC4)cc3)nc2n1-c1cccc(C(C)(C)O)n1. The maximum absolute atomic E-state index is 13.2. The number of aromatic nitrogens is 5. The molecule has 5 rings (SSSR count). The van der Waals surface area contributed by atoms with Gasteiger partial charge in [-0.1, -0.05) is 24.3 Å². The molecule has 1 aliphatic carbocycles. The number of guanidine groups is 1. The highest BCUT2D eigenvalue weighted by molar-refractivity contribution is 5.77. The Morgan fingerprint density at radius 3 is 2.52 bits per heavy atom. The van der Waals surface area contributed by atoms with Crippen LogP contribution in [0.2, 0.25) is 0 Å². The van der Waals surface area contributed by atoms with Crippen LogP contribution in [0.5, 0.6) is 0 Å². The highest BCUT2D eigenvalue weighted by Gasteiger charge is 2.23. The summed E-state index contributed by atoms with van der Waals surface area (Å²) in [6.45, 7) is 7.37. The van der Waals surface area contributed by atoms with E-state index in [0.717, 1.165) is 31.4 Å². The van der Waals surface area contributed by atoms with Crippen LogP contribution in [0, 0.1) is 0 Å². The Labute approximate surface area is 232 Å². The van der Waals surface area contributed by atoms with Gasteiger partial charge in [0.2, 0.25) is 5.95 Å². The molecule has 40 heavy (non-hydrogen) atoms. The minimum atomic E-state index is -1.15. The molecule has 0 amide bonds. The van der Waals surface area contributed by atoms with Crippen LogP contribution in [0.25, 0.3) is 16.9 Å². The lowest BCUT2D eigenvalue weighted by Gasteiger charge is -2.26. The van der Waals surface area contributed by atoms with E-state index in [2.05, 4.69) is 39.0 Å². The Balaban J connectivity index is 1.42. The van der Waals surface area contributed by atoms with Gasteiger partial charge in [-0.25, -0.2) is 19.3 Å². The number of aliphatic hydroxyl groups is 1. The topological polar surface area (TPSA) is 162 Å². The number of rotatable bonds is 8. The second kappa shape index (κ2) is 10.9. The number of benzene rings is 1. The van der Waals surface area contributed by atoms with Crippen molar-refractivity contribution in [2.24, 2.45) is 16.5 Å². The summed E-state index contributed by atoms with van der Waals surface area (Å²) < 4.78 is 3.15. The molecule has 0 bridgehead atoms. The summed E-state index contributed by atoms with van der Waals surface area (Å²) in [6.07, 6.45) is 7.17. The van der Waals surface area contributed by atoms with Gasteiger partial charge >= 0.3 is 0 Å². The summed E-state index contributed by atoms with van der Waals surface area (Å²) in [4.78, 5) is 31.3. The first-order valence-electron chi connectivity index (χ1n) is 13.4. The number of nitrogens with zero attached hydrogens (tertiary/aromatic N) is 6. The molecule has 11 heteroatoms. The molecule has 1 aliphatic rings. The van der Waals surface area contributed by atoms with Gasteiger partial charge in [-0.15, -0.1) is 6.58 Å². The normalized spacial score (nSPS) is 17.5. The molecule has 3 heterocycles. The third-order valence-electron chi connectivity index (χ3n) is 7.22. The van der Waals surface area contributed by atoms with E-state index in [0.29, 0.717) is 34.4 Å². The molecule has 6 N–H and O–H groups in total. The fraction of sp³-hybridized carbons (Fsp3) is 0.345. The average molecular weight is 542 g/mol. The second-order valence-corrected chi connectivity index (χ2v) is 10.7. The standard InChI is InChI=1S/C29H35N9O2/c1-4-16-37-26(39)22-17-32-28(36-25(22)38(37)24-7-5-6-23(35-24)29(2,3)40)34-21-14-10-19(11-15-21)18-8-12-20(13-9-18)33-27(30)31/h4-7,10-11,14-15,17-18,20,40H,1,8-9,12-13,16H2,2-3H3,(H4,30,31,33)(H,32,34,36). The van der Waals surface area contributed by atoms with Crippen molar-refractivity contribution in [2.75, 3.05) is 5.32 Å². The van der Waals surface area contributed by atoms with E-state index in [-0.39, 0.29) is 24.1 Å². The zero-order valence-corrected chi connectivity index (χ0v) is 22.8. The van der Waals surface area contributed by atoms with E-state index in [4.69, 9.17) is 16.5 Å². The fourth-order valence-electron chi connectivity index (χ4n) is 5.21. The van der Waals surface area contributed by atoms with Gasteiger partial charge in [0, 0.05) is 11.9 Å². The number of aliphatic imine (C=N–C) groups is 1. The van der Waals surface area contributed by atoms with Crippen molar-refractivity contribution in [2.45, 2.75) is 63.6 Å².